The van der Waals surface area contributed by atoms with Crippen LogP contribution in [-0.2, 0) is 32.9 Å². The molecule has 4 heterocycles. The zero-order valence-corrected chi connectivity index (χ0v) is 15.1. The predicted molar refractivity (Wildman–Crippen MR) is 88.9 cm³/mol. The first-order valence-electron chi connectivity index (χ1n) is 8.52. The van der Waals surface area contributed by atoms with Gasteiger partial charge in [-0.15, -0.1) is 14.5 Å². The van der Waals surface area contributed by atoms with Crippen LogP contribution in [0.15, 0.2) is 17.6 Å². The summed E-state index contributed by atoms with van der Waals surface area (Å²) in [7, 11) is -1.96. The Morgan fingerprint density at radius 1 is 1.38 bits per heavy atom. The van der Waals surface area contributed by atoms with E-state index in [4.69, 9.17) is 0 Å². The summed E-state index contributed by atoms with van der Waals surface area (Å²) in [5.74, 6) is 0.157. The highest BCUT2D eigenvalue weighted by Gasteiger charge is 2.40. The fraction of sp³-hybridized carbons (Fsp3) is 0.600. The Labute approximate surface area is 151 Å². The van der Waals surface area contributed by atoms with Crippen LogP contribution < -0.4 is 0 Å². The topological polar surface area (TPSA) is 129 Å². The third-order valence-electron chi connectivity index (χ3n) is 5.07. The lowest BCUT2D eigenvalue weighted by Gasteiger charge is -2.33. The van der Waals surface area contributed by atoms with Gasteiger partial charge in [-0.3, -0.25) is 0 Å². The summed E-state index contributed by atoms with van der Waals surface area (Å²) in [4.78, 5) is 15.5. The van der Waals surface area contributed by atoms with Gasteiger partial charge in [-0.1, -0.05) is 4.21 Å². The number of hydrogen-bond donors (Lipinski definition) is 1. The van der Waals surface area contributed by atoms with E-state index in [1.165, 1.54) is 16.8 Å². The Kier molecular flexibility index (Phi) is 4.16. The zero-order chi connectivity index (χ0) is 18.5. The minimum atomic E-state index is -3.68. The molecule has 0 saturated carbocycles. The Morgan fingerprint density at radius 3 is 2.88 bits per heavy atom. The fourth-order valence-corrected chi connectivity index (χ4v) is 5.27. The van der Waals surface area contributed by atoms with E-state index in [1.54, 1.807) is 16.2 Å². The van der Waals surface area contributed by atoms with Gasteiger partial charge in [-0.05, 0) is 19.3 Å². The Bertz CT molecular complexity index is 893. The number of aliphatic carboxylic acids is 1. The van der Waals surface area contributed by atoms with Crippen molar-refractivity contribution in [2.24, 2.45) is 7.05 Å². The van der Waals surface area contributed by atoms with Gasteiger partial charge in [0.2, 0.25) is 0 Å². The summed E-state index contributed by atoms with van der Waals surface area (Å²) in [6.45, 7) is 0.669. The highest BCUT2D eigenvalue weighted by Crippen LogP contribution is 2.35. The monoisotopic (exact) mass is 380 g/mol. The van der Waals surface area contributed by atoms with Crippen LogP contribution in [-0.4, -0.2) is 57.3 Å². The van der Waals surface area contributed by atoms with E-state index in [1.807, 2.05) is 0 Å². The number of aryl methyl sites for hydroxylation is 2. The number of carboxylic acid groups (broad SMARTS) is 1. The molecular weight excluding hydrogens is 360 g/mol. The van der Waals surface area contributed by atoms with Crippen LogP contribution in [0.1, 0.15) is 42.9 Å². The molecule has 1 saturated heterocycles. The van der Waals surface area contributed by atoms with Crippen LogP contribution >= 0.6 is 0 Å². The van der Waals surface area contributed by atoms with E-state index in [-0.39, 0.29) is 17.5 Å². The third kappa shape index (κ3) is 2.75. The summed E-state index contributed by atoms with van der Waals surface area (Å²) in [5, 5.41) is 17.8. The van der Waals surface area contributed by atoms with Gasteiger partial charge in [0.05, 0.1) is 19.1 Å². The van der Waals surface area contributed by atoms with Gasteiger partial charge < -0.3 is 18.8 Å². The molecule has 10 nitrogen and oxygen atoms in total. The van der Waals surface area contributed by atoms with E-state index < -0.39 is 22.4 Å². The van der Waals surface area contributed by atoms with Crippen LogP contribution in [0.2, 0.25) is 0 Å². The van der Waals surface area contributed by atoms with Crippen LogP contribution in [0, 0.1) is 0 Å². The molecule has 140 valence electrons. The molecular formula is C15H20N6O4S. The lowest BCUT2D eigenvalue weighted by Crippen LogP contribution is -2.43. The number of carboxylic acids is 1. The summed E-state index contributed by atoms with van der Waals surface area (Å²) in [5.41, 5.74) is 0. The van der Waals surface area contributed by atoms with Crippen LogP contribution in [0.5, 0.6) is 0 Å². The predicted octanol–water partition coefficient (Wildman–Crippen LogP) is 0.367. The number of carbonyl (C=O) groups is 1. The van der Waals surface area contributed by atoms with Gasteiger partial charge in [0, 0.05) is 25.9 Å². The van der Waals surface area contributed by atoms with E-state index in [0.717, 1.165) is 6.42 Å². The molecule has 4 rings (SSSR count). The number of hydrogen-bond acceptors (Lipinski definition) is 6. The number of nitrogens with zero attached hydrogens (tertiary/aromatic N) is 6. The molecule has 0 aliphatic carbocycles. The second kappa shape index (κ2) is 6.25. The van der Waals surface area contributed by atoms with Crippen molar-refractivity contribution in [2.75, 3.05) is 13.1 Å². The fourth-order valence-electron chi connectivity index (χ4n) is 3.78. The number of sulfonamides is 1. The number of piperidine rings is 1. The van der Waals surface area contributed by atoms with Crippen molar-refractivity contribution in [3.63, 3.8) is 0 Å². The molecule has 2 aliphatic heterocycles. The Balaban J connectivity index is 1.61. The lowest BCUT2D eigenvalue weighted by molar-refractivity contribution is -0.140. The Hall–Kier alpha value is -2.11. The molecule has 2 aromatic rings. The van der Waals surface area contributed by atoms with Crippen LogP contribution in [0.4, 0.5) is 0 Å². The third-order valence-corrected chi connectivity index (χ3v) is 6.82. The van der Waals surface area contributed by atoms with Crippen LogP contribution in [0.25, 0.3) is 0 Å². The molecule has 26 heavy (non-hydrogen) atoms. The van der Waals surface area contributed by atoms with Crippen LogP contribution in [0.3, 0.4) is 0 Å². The molecule has 3 unspecified atom stereocenters. The van der Waals surface area contributed by atoms with Gasteiger partial charge in [0.25, 0.3) is 5.03 Å². The molecule has 0 amide bonds. The maximum Gasteiger partial charge on any atom is 0.326 e. The van der Waals surface area contributed by atoms with Crippen molar-refractivity contribution in [1.82, 2.24) is 28.6 Å². The lowest BCUT2D eigenvalue weighted by atomic mass is 9.98. The normalized spacial score (nSPS) is 25.8. The average Bonchev–Trinajstić information content (AvgIpc) is 3.30. The molecule has 2 aliphatic rings. The molecule has 0 radical (unpaired) electrons. The number of imidazole rings is 1. The number of fused-ring (bicyclic) bond motifs is 1. The van der Waals surface area contributed by atoms with Crippen molar-refractivity contribution in [2.45, 2.75) is 42.7 Å². The van der Waals surface area contributed by atoms with Gasteiger partial charge in [0.1, 0.15) is 17.7 Å². The maximum atomic E-state index is 12.8. The second-order valence-corrected chi connectivity index (χ2v) is 8.70. The number of aromatic nitrogens is 5. The molecule has 11 heteroatoms. The second-order valence-electron chi connectivity index (χ2n) is 6.82. The minimum absolute atomic E-state index is 0.0236. The van der Waals surface area contributed by atoms with Crippen molar-refractivity contribution < 1.29 is 18.7 Å². The van der Waals surface area contributed by atoms with Gasteiger partial charge >= 0.3 is 5.97 Å². The smallest absolute Gasteiger partial charge is 0.326 e. The molecule has 2 aromatic heterocycles. The van der Waals surface area contributed by atoms with Crippen molar-refractivity contribution in [1.29, 1.82) is 0 Å². The largest absolute Gasteiger partial charge is 0.591 e. The zero-order valence-electron chi connectivity index (χ0n) is 14.3. The van der Waals surface area contributed by atoms with E-state index >= 15 is 0 Å². The molecule has 0 aromatic carbocycles. The van der Waals surface area contributed by atoms with Crippen molar-refractivity contribution >= 4 is 16.4 Å². The van der Waals surface area contributed by atoms with E-state index in [2.05, 4.69) is 15.2 Å². The van der Waals surface area contributed by atoms with Crippen molar-refractivity contribution in [3.05, 3.63) is 24.2 Å². The quantitative estimate of drug-likeness (QED) is 0.758. The molecule has 3 atom stereocenters. The molecule has 0 spiro atoms. The minimum Gasteiger partial charge on any atom is -0.591 e. The standard InChI is InChI=1S/C15H20N6O4S/c1-19-8-13(16-9-19)26(24,25)20-6-2-3-10(7-20)14-18-17-12-5-4-11(15(22)23)21(12)14/h8-11H,2-7H2,1H3,(H-,22,23,24,25). The molecule has 0 bridgehead atoms. The first kappa shape index (κ1) is 17.3. The van der Waals surface area contributed by atoms with Gasteiger partial charge in [-0.2, -0.15) is 4.98 Å². The summed E-state index contributed by atoms with van der Waals surface area (Å²) in [6.07, 6.45) is 5.43. The summed E-state index contributed by atoms with van der Waals surface area (Å²) >= 11 is 0. The maximum absolute atomic E-state index is 12.8. The average molecular weight is 380 g/mol. The first-order valence-corrected chi connectivity index (χ1v) is 9.96. The summed E-state index contributed by atoms with van der Waals surface area (Å²) in [6, 6.07) is -0.669. The summed E-state index contributed by atoms with van der Waals surface area (Å²) < 4.78 is 30.4. The number of rotatable bonds is 4. The van der Waals surface area contributed by atoms with E-state index in [9.17, 15) is 18.7 Å². The highest BCUT2D eigenvalue weighted by atomic mass is 32.3. The van der Waals surface area contributed by atoms with Gasteiger partial charge in [-0.25, -0.2) is 4.79 Å². The van der Waals surface area contributed by atoms with Crippen molar-refractivity contribution in [3.8, 4) is 0 Å². The first-order chi connectivity index (χ1) is 12.4. The molecule has 1 fully saturated rings. The highest BCUT2D eigenvalue weighted by molar-refractivity contribution is 7.95. The van der Waals surface area contributed by atoms with Gasteiger partial charge in [0.15, 0.2) is 10.4 Å². The molecule has 1 N–H and O–H groups in total. The SMILES string of the molecule is Cn1cnc([S+](=O)([O-])N2CCCC(c3nnc4n3C(C(=O)O)CC4)C2)c1. The van der Waals surface area contributed by atoms with E-state index in [0.29, 0.717) is 37.5 Å². The Morgan fingerprint density at radius 2 is 2.19 bits per heavy atom.